The van der Waals surface area contributed by atoms with E-state index < -0.39 is 5.54 Å². The summed E-state index contributed by atoms with van der Waals surface area (Å²) in [7, 11) is 0. The van der Waals surface area contributed by atoms with E-state index in [1.165, 1.54) is 0 Å². The predicted molar refractivity (Wildman–Crippen MR) is 76.4 cm³/mol. The van der Waals surface area contributed by atoms with Crippen molar-refractivity contribution in [3.05, 3.63) is 28.2 Å². The maximum Gasteiger partial charge on any atom is 0.251 e. The summed E-state index contributed by atoms with van der Waals surface area (Å²) in [5.41, 5.74) is 6.15. The summed E-state index contributed by atoms with van der Waals surface area (Å²) in [6.07, 6.45) is 1.35. The van der Waals surface area contributed by atoms with Crippen LogP contribution >= 0.6 is 15.9 Å². The Labute approximate surface area is 116 Å². The Morgan fingerprint density at radius 3 is 2.44 bits per heavy atom. The first-order chi connectivity index (χ1) is 8.46. The number of nitrogens with two attached hydrogens (primary N) is 1. The van der Waals surface area contributed by atoms with Gasteiger partial charge in [-0.05, 0) is 31.0 Å². The van der Waals surface area contributed by atoms with Crippen LogP contribution in [-0.4, -0.2) is 23.2 Å². The largest absolute Gasteiger partial charge is 0.399 e. The Morgan fingerprint density at radius 2 is 2.00 bits per heavy atom. The van der Waals surface area contributed by atoms with Crippen molar-refractivity contribution in [1.82, 2.24) is 5.32 Å². The van der Waals surface area contributed by atoms with Crippen LogP contribution in [0.5, 0.6) is 0 Å². The monoisotopic (exact) mass is 314 g/mol. The zero-order valence-electron chi connectivity index (χ0n) is 10.7. The number of rotatable bonds is 5. The first-order valence-corrected chi connectivity index (χ1v) is 6.75. The van der Waals surface area contributed by atoms with Crippen molar-refractivity contribution in [1.29, 1.82) is 0 Å². The molecule has 0 aliphatic carbocycles. The minimum absolute atomic E-state index is 0.0742. The van der Waals surface area contributed by atoms with Crippen LogP contribution in [0.3, 0.4) is 0 Å². The summed E-state index contributed by atoms with van der Waals surface area (Å²) < 4.78 is 0.759. The van der Waals surface area contributed by atoms with Crippen LogP contribution in [0.1, 0.15) is 37.0 Å². The molecule has 0 saturated carbocycles. The fourth-order valence-electron chi connectivity index (χ4n) is 1.75. The SMILES string of the molecule is CCC(CC)(CO)NC(=O)c1cc(N)cc(Br)c1. The molecular weight excluding hydrogens is 296 g/mol. The molecule has 0 unspecified atom stereocenters. The molecule has 1 aromatic carbocycles. The van der Waals surface area contributed by atoms with Gasteiger partial charge in [-0.3, -0.25) is 4.79 Å². The maximum atomic E-state index is 12.1. The van der Waals surface area contributed by atoms with Gasteiger partial charge in [0.1, 0.15) is 0 Å². The molecule has 1 aromatic rings. The van der Waals surface area contributed by atoms with Crippen LogP contribution in [-0.2, 0) is 0 Å². The molecule has 1 rings (SSSR count). The zero-order chi connectivity index (χ0) is 13.8. The number of hydrogen-bond acceptors (Lipinski definition) is 3. The van der Waals surface area contributed by atoms with Crippen LogP contribution in [0.25, 0.3) is 0 Å². The van der Waals surface area contributed by atoms with E-state index in [0.717, 1.165) is 4.47 Å². The van der Waals surface area contributed by atoms with Gasteiger partial charge >= 0.3 is 0 Å². The third kappa shape index (κ3) is 3.46. The lowest BCUT2D eigenvalue weighted by Gasteiger charge is -2.30. The van der Waals surface area contributed by atoms with Crippen LogP contribution < -0.4 is 11.1 Å². The maximum absolute atomic E-state index is 12.1. The van der Waals surface area contributed by atoms with E-state index in [1.54, 1.807) is 18.2 Å². The number of nitrogens with one attached hydrogen (secondary N) is 1. The lowest BCUT2D eigenvalue weighted by Crippen LogP contribution is -2.50. The molecule has 5 heteroatoms. The smallest absolute Gasteiger partial charge is 0.251 e. The molecule has 0 bridgehead atoms. The fourth-order valence-corrected chi connectivity index (χ4v) is 2.26. The molecule has 100 valence electrons. The van der Waals surface area contributed by atoms with Gasteiger partial charge in [0.05, 0.1) is 12.1 Å². The first-order valence-electron chi connectivity index (χ1n) is 5.95. The van der Waals surface area contributed by atoms with Gasteiger partial charge in [-0.25, -0.2) is 0 Å². The molecule has 0 radical (unpaired) electrons. The molecule has 0 aliphatic heterocycles. The molecule has 0 fully saturated rings. The van der Waals surface area contributed by atoms with Crippen molar-refractivity contribution in [2.45, 2.75) is 32.2 Å². The van der Waals surface area contributed by atoms with Crippen molar-refractivity contribution in [2.24, 2.45) is 0 Å². The summed E-state index contributed by atoms with van der Waals surface area (Å²) >= 11 is 3.30. The van der Waals surface area contributed by atoms with Crippen LogP contribution in [0.2, 0.25) is 0 Å². The molecule has 0 spiro atoms. The van der Waals surface area contributed by atoms with Crippen molar-refractivity contribution in [2.75, 3.05) is 12.3 Å². The molecular formula is C13H19BrN2O2. The van der Waals surface area contributed by atoms with Gasteiger partial charge in [-0.15, -0.1) is 0 Å². The topological polar surface area (TPSA) is 75.3 Å². The van der Waals surface area contributed by atoms with E-state index >= 15 is 0 Å². The second-order valence-electron chi connectivity index (χ2n) is 4.37. The molecule has 18 heavy (non-hydrogen) atoms. The fraction of sp³-hybridized carbons (Fsp3) is 0.462. The third-order valence-corrected chi connectivity index (χ3v) is 3.68. The highest BCUT2D eigenvalue weighted by atomic mass is 79.9. The van der Waals surface area contributed by atoms with E-state index in [-0.39, 0.29) is 12.5 Å². The number of benzene rings is 1. The van der Waals surface area contributed by atoms with Gasteiger partial charge in [0, 0.05) is 15.7 Å². The minimum atomic E-state index is -0.561. The second kappa shape index (κ2) is 6.20. The number of nitrogen functional groups attached to an aromatic ring is 1. The zero-order valence-corrected chi connectivity index (χ0v) is 12.3. The Hall–Kier alpha value is -1.07. The van der Waals surface area contributed by atoms with Gasteiger partial charge in [0.15, 0.2) is 0 Å². The number of anilines is 1. The summed E-state index contributed by atoms with van der Waals surface area (Å²) in [5, 5.41) is 12.3. The summed E-state index contributed by atoms with van der Waals surface area (Å²) in [6.45, 7) is 3.81. The molecule has 1 amide bonds. The Bertz CT molecular complexity index is 402. The number of aliphatic hydroxyl groups is 1. The number of halogens is 1. The van der Waals surface area contributed by atoms with E-state index in [0.29, 0.717) is 24.1 Å². The van der Waals surface area contributed by atoms with E-state index in [9.17, 15) is 9.90 Å². The van der Waals surface area contributed by atoms with Gasteiger partial charge in [-0.2, -0.15) is 0 Å². The average molecular weight is 315 g/mol. The number of carbonyl (C=O) groups is 1. The van der Waals surface area contributed by atoms with Gasteiger partial charge in [0.2, 0.25) is 0 Å². The standard InChI is InChI=1S/C13H19BrN2O2/c1-3-13(4-2,8-17)16-12(18)9-5-10(14)7-11(15)6-9/h5-7,17H,3-4,8,15H2,1-2H3,(H,16,18). The highest BCUT2D eigenvalue weighted by Crippen LogP contribution is 2.19. The normalized spacial score (nSPS) is 11.3. The quantitative estimate of drug-likeness (QED) is 0.730. The predicted octanol–water partition coefficient (Wildman–Crippen LogP) is 2.31. The molecule has 0 heterocycles. The second-order valence-corrected chi connectivity index (χ2v) is 5.29. The summed E-state index contributed by atoms with van der Waals surface area (Å²) in [6, 6.07) is 5.06. The molecule has 0 aromatic heterocycles. The van der Waals surface area contributed by atoms with Crippen molar-refractivity contribution >= 4 is 27.5 Å². The first kappa shape index (κ1) is 15.0. The van der Waals surface area contributed by atoms with Gasteiger partial charge in [0.25, 0.3) is 5.91 Å². The molecule has 0 saturated heterocycles. The Kier molecular flexibility index (Phi) is 5.16. The number of amides is 1. The van der Waals surface area contributed by atoms with Crippen LogP contribution in [0, 0.1) is 0 Å². The Balaban J connectivity index is 2.94. The van der Waals surface area contributed by atoms with E-state index in [1.807, 2.05) is 13.8 Å². The highest BCUT2D eigenvalue weighted by Gasteiger charge is 2.27. The van der Waals surface area contributed by atoms with E-state index in [2.05, 4.69) is 21.2 Å². The number of hydrogen-bond donors (Lipinski definition) is 3. The molecule has 0 aliphatic rings. The minimum Gasteiger partial charge on any atom is -0.399 e. The average Bonchev–Trinajstić information content (AvgIpc) is 2.35. The van der Waals surface area contributed by atoms with Gasteiger partial charge in [-0.1, -0.05) is 29.8 Å². The Morgan fingerprint density at radius 1 is 1.39 bits per heavy atom. The molecule has 4 N–H and O–H groups in total. The van der Waals surface area contributed by atoms with Crippen molar-refractivity contribution in [3.8, 4) is 0 Å². The van der Waals surface area contributed by atoms with Crippen LogP contribution in [0.4, 0.5) is 5.69 Å². The number of carbonyl (C=O) groups excluding carboxylic acids is 1. The summed E-state index contributed by atoms with van der Waals surface area (Å²) in [5.74, 6) is -0.222. The lowest BCUT2D eigenvalue weighted by molar-refractivity contribution is 0.0818. The van der Waals surface area contributed by atoms with Crippen molar-refractivity contribution in [3.63, 3.8) is 0 Å². The van der Waals surface area contributed by atoms with Crippen LogP contribution in [0.15, 0.2) is 22.7 Å². The number of aliphatic hydroxyl groups excluding tert-OH is 1. The molecule has 0 atom stereocenters. The van der Waals surface area contributed by atoms with Crippen molar-refractivity contribution < 1.29 is 9.90 Å². The highest BCUT2D eigenvalue weighted by molar-refractivity contribution is 9.10. The van der Waals surface area contributed by atoms with Gasteiger partial charge < -0.3 is 16.2 Å². The lowest BCUT2D eigenvalue weighted by atomic mass is 9.93. The third-order valence-electron chi connectivity index (χ3n) is 3.22. The van der Waals surface area contributed by atoms with E-state index in [4.69, 9.17) is 5.73 Å². The molecule has 4 nitrogen and oxygen atoms in total. The summed E-state index contributed by atoms with van der Waals surface area (Å²) in [4.78, 5) is 12.1.